The van der Waals surface area contributed by atoms with E-state index in [4.69, 9.17) is 10.2 Å². The fourth-order valence-electron chi connectivity index (χ4n) is 3.10. The zero-order chi connectivity index (χ0) is 14.3. The smallest absolute Gasteiger partial charge is 0.290 e. The van der Waals surface area contributed by atoms with Crippen molar-refractivity contribution >= 4 is 16.9 Å². The van der Waals surface area contributed by atoms with Gasteiger partial charge in [-0.2, -0.15) is 0 Å². The molecule has 1 aliphatic heterocycles. The SMILES string of the molecule is Cc1c(C(=O)N2CC(CN)CC2C)oc2ccccc12. The Bertz CT molecular complexity index is 647. The first-order valence-corrected chi connectivity index (χ1v) is 7.11. The molecule has 1 aromatic heterocycles. The molecule has 2 heterocycles. The second-order valence-electron chi connectivity index (χ2n) is 5.70. The van der Waals surface area contributed by atoms with Gasteiger partial charge in [-0.05, 0) is 38.8 Å². The lowest BCUT2D eigenvalue weighted by atomic mass is 10.1. The summed E-state index contributed by atoms with van der Waals surface area (Å²) in [5.41, 5.74) is 7.43. The molecule has 2 unspecified atom stereocenters. The number of fused-ring (bicyclic) bond motifs is 1. The van der Waals surface area contributed by atoms with E-state index in [-0.39, 0.29) is 11.9 Å². The molecule has 0 radical (unpaired) electrons. The number of hydrogen-bond acceptors (Lipinski definition) is 3. The van der Waals surface area contributed by atoms with Crippen LogP contribution in [0.5, 0.6) is 0 Å². The van der Waals surface area contributed by atoms with Crippen LogP contribution >= 0.6 is 0 Å². The maximum absolute atomic E-state index is 12.7. The minimum absolute atomic E-state index is 0.0119. The standard InChI is InChI=1S/C16H20N2O2/c1-10-7-12(8-17)9-18(10)16(19)15-11(2)13-5-3-4-6-14(13)20-15/h3-6,10,12H,7-9,17H2,1-2H3. The van der Waals surface area contributed by atoms with Gasteiger partial charge in [0, 0.05) is 23.5 Å². The zero-order valence-electron chi connectivity index (χ0n) is 11.9. The number of hydrogen-bond donors (Lipinski definition) is 1. The van der Waals surface area contributed by atoms with Crippen molar-refractivity contribution in [3.8, 4) is 0 Å². The molecule has 3 rings (SSSR count). The molecule has 0 aliphatic carbocycles. The van der Waals surface area contributed by atoms with Gasteiger partial charge in [0.05, 0.1) is 0 Å². The number of aryl methyl sites for hydroxylation is 1. The molecule has 0 spiro atoms. The van der Waals surface area contributed by atoms with E-state index in [0.29, 0.717) is 18.2 Å². The number of benzene rings is 1. The lowest BCUT2D eigenvalue weighted by Gasteiger charge is -2.20. The summed E-state index contributed by atoms with van der Waals surface area (Å²) in [5, 5.41) is 1.01. The third-order valence-corrected chi connectivity index (χ3v) is 4.29. The number of amides is 1. The van der Waals surface area contributed by atoms with Crippen molar-refractivity contribution in [2.45, 2.75) is 26.3 Å². The maximum Gasteiger partial charge on any atom is 0.290 e. The van der Waals surface area contributed by atoms with Crippen molar-refractivity contribution in [2.75, 3.05) is 13.1 Å². The predicted molar refractivity (Wildman–Crippen MR) is 78.6 cm³/mol. The van der Waals surface area contributed by atoms with Gasteiger partial charge in [0.15, 0.2) is 5.76 Å². The number of carbonyl (C=O) groups is 1. The van der Waals surface area contributed by atoms with E-state index in [0.717, 1.165) is 29.5 Å². The van der Waals surface area contributed by atoms with E-state index < -0.39 is 0 Å². The van der Waals surface area contributed by atoms with Crippen LogP contribution in [-0.2, 0) is 0 Å². The molecule has 1 aliphatic rings. The summed E-state index contributed by atoms with van der Waals surface area (Å²) in [7, 11) is 0. The average molecular weight is 272 g/mol. The Hall–Kier alpha value is -1.81. The third-order valence-electron chi connectivity index (χ3n) is 4.29. The molecule has 4 heteroatoms. The average Bonchev–Trinajstić information content (AvgIpc) is 3.00. The zero-order valence-corrected chi connectivity index (χ0v) is 11.9. The molecule has 20 heavy (non-hydrogen) atoms. The second-order valence-corrected chi connectivity index (χ2v) is 5.70. The summed E-state index contributed by atoms with van der Waals surface area (Å²) in [6.45, 7) is 5.38. The van der Waals surface area contributed by atoms with Crippen LogP contribution in [0, 0.1) is 12.8 Å². The van der Waals surface area contributed by atoms with Crippen molar-refractivity contribution in [3.05, 3.63) is 35.6 Å². The van der Waals surface area contributed by atoms with Crippen LogP contribution in [0.25, 0.3) is 11.0 Å². The van der Waals surface area contributed by atoms with E-state index >= 15 is 0 Å². The first-order valence-electron chi connectivity index (χ1n) is 7.11. The van der Waals surface area contributed by atoms with Crippen molar-refractivity contribution in [1.82, 2.24) is 4.90 Å². The van der Waals surface area contributed by atoms with E-state index in [1.807, 2.05) is 36.1 Å². The Morgan fingerprint density at radius 3 is 2.85 bits per heavy atom. The summed E-state index contributed by atoms with van der Waals surface area (Å²) >= 11 is 0. The van der Waals surface area contributed by atoms with Crippen LogP contribution < -0.4 is 5.73 Å². The quantitative estimate of drug-likeness (QED) is 0.914. The molecule has 4 nitrogen and oxygen atoms in total. The lowest BCUT2D eigenvalue weighted by Crippen LogP contribution is -2.34. The highest BCUT2D eigenvalue weighted by atomic mass is 16.3. The van der Waals surface area contributed by atoms with Crippen molar-refractivity contribution < 1.29 is 9.21 Å². The number of nitrogens with zero attached hydrogens (tertiary/aromatic N) is 1. The summed E-state index contributed by atoms with van der Waals surface area (Å²) in [4.78, 5) is 14.6. The van der Waals surface area contributed by atoms with Gasteiger partial charge in [-0.25, -0.2) is 0 Å². The van der Waals surface area contributed by atoms with E-state index in [9.17, 15) is 4.79 Å². The van der Waals surface area contributed by atoms with Crippen molar-refractivity contribution in [1.29, 1.82) is 0 Å². The van der Waals surface area contributed by atoms with E-state index in [2.05, 4.69) is 6.92 Å². The maximum atomic E-state index is 12.7. The number of furan rings is 1. The number of likely N-dealkylation sites (tertiary alicyclic amines) is 1. The Labute approximate surface area is 118 Å². The second kappa shape index (κ2) is 4.94. The highest BCUT2D eigenvalue weighted by molar-refractivity contribution is 5.99. The Morgan fingerprint density at radius 2 is 2.20 bits per heavy atom. The first-order chi connectivity index (χ1) is 9.61. The molecule has 1 aromatic carbocycles. The van der Waals surface area contributed by atoms with Crippen LogP contribution in [0.3, 0.4) is 0 Å². The summed E-state index contributed by atoms with van der Waals surface area (Å²) in [5.74, 6) is 0.858. The predicted octanol–water partition coefficient (Wildman–Crippen LogP) is 2.55. The van der Waals surface area contributed by atoms with Crippen molar-refractivity contribution in [2.24, 2.45) is 11.7 Å². The fourth-order valence-corrected chi connectivity index (χ4v) is 3.10. The van der Waals surface area contributed by atoms with Gasteiger partial charge in [-0.1, -0.05) is 18.2 Å². The summed E-state index contributed by atoms with van der Waals surface area (Å²) in [6, 6.07) is 7.99. The van der Waals surface area contributed by atoms with Gasteiger partial charge in [0.25, 0.3) is 5.91 Å². The molecule has 2 atom stereocenters. The minimum atomic E-state index is -0.0119. The van der Waals surface area contributed by atoms with Gasteiger partial charge in [0.2, 0.25) is 0 Å². The molecular weight excluding hydrogens is 252 g/mol. The van der Waals surface area contributed by atoms with Gasteiger partial charge in [-0.3, -0.25) is 4.79 Å². The van der Waals surface area contributed by atoms with Crippen LogP contribution in [0.2, 0.25) is 0 Å². The highest BCUT2D eigenvalue weighted by Gasteiger charge is 2.34. The monoisotopic (exact) mass is 272 g/mol. The molecule has 106 valence electrons. The lowest BCUT2D eigenvalue weighted by molar-refractivity contribution is 0.0712. The van der Waals surface area contributed by atoms with Gasteiger partial charge in [-0.15, -0.1) is 0 Å². The summed E-state index contributed by atoms with van der Waals surface area (Å²) < 4.78 is 5.77. The van der Waals surface area contributed by atoms with Crippen LogP contribution in [0.4, 0.5) is 0 Å². The number of rotatable bonds is 2. The van der Waals surface area contributed by atoms with Gasteiger partial charge in [0.1, 0.15) is 5.58 Å². The topological polar surface area (TPSA) is 59.5 Å². The largest absolute Gasteiger partial charge is 0.451 e. The van der Waals surface area contributed by atoms with E-state index in [1.54, 1.807) is 0 Å². The summed E-state index contributed by atoms with van der Waals surface area (Å²) in [6.07, 6.45) is 0.974. The van der Waals surface area contributed by atoms with Crippen LogP contribution in [0.1, 0.15) is 29.5 Å². The van der Waals surface area contributed by atoms with Crippen molar-refractivity contribution in [3.63, 3.8) is 0 Å². The third kappa shape index (κ3) is 2.00. The van der Waals surface area contributed by atoms with Crippen LogP contribution in [-0.4, -0.2) is 29.9 Å². The molecular formula is C16H20N2O2. The number of para-hydroxylation sites is 1. The Balaban J connectivity index is 1.95. The molecule has 2 N–H and O–H groups in total. The molecule has 1 saturated heterocycles. The number of carbonyl (C=O) groups excluding carboxylic acids is 1. The molecule has 0 saturated carbocycles. The normalized spacial score (nSPS) is 22.6. The molecule has 1 fully saturated rings. The Kier molecular flexibility index (Phi) is 3.26. The van der Waals surface area contributed by atoms with Gasteiger partial charge < -0.3 is 15.1 Å². The highest BCUT2D eigenvalue weighted by Crippen LogP contribution is 2.29. The fraction of sp³-hybridized carbons (Fsp3) is 0.438. The van der Waals surface area contributed by atoms with Gasteiger partial charge >= 0.3 is 0 Å². The first kappa shape index (κ1) is 13.2. The van der Waals surface area contributed by atoms with Crippen LogP contribution in [0.15, 0.2) is 28.7 Å². The molecule has 1 amide bonds. The van der Waals surface area contributed by atoms with E-state index in [1.165, 1.54) is 0 Å². The minimum Gasteiger partial charge on any atom is -0.451 e. The molecule has 2 aromatic rings. The Morgan fingerprint density at radius 1 is 1.45 bits per heavy atom. The molecule has 0 bridgehead atoms. The number of nitrogens with two attached hydrogens (primary N) is 1.